The normalized spacial score (nSPS) is 16.7. The predicted octanol–water partition coefficient (Wildman–Crippen LogP) is 6.27. The van der Waals surface area contributed by atoms with Gasteiger partial charge < -0.3 is 9.64 Å². The Kier molecular flexibility index (Phi) is 15.0. The molecule has 0 radical (unpaired) electrons. The number of amides is 1. The summed E-state index contributed by atoms with van der Waals surface area (Å²) in [6.45, 7) is 6.07. The lowest BCUT2D eigenvalue weighted by molar-refractivity contribution is -0.148. The minimum absolute atomic E-state index is 0.119. The molecule has 1 saturated heterocycles. The van der Waals surface area contributed by atoms with Crippen LogP contribution in [-0.2, 0) is 14.3 Å². The van der Waals surface area contributed by atoms with Crippen molar-refractivity contribution in [3.05, 3.63) is 0 Å². The van der Waals surface area contributed by atoms with Crippen molar-refractivity contribution < 1.29 is 14.3 Å². The molecule has 1 fully saturated rings. The van der Waals surface area contributed by atoms with E-state index in [0.29, 0.717) is 19.6 Å². The quantitative estimate of drug-likeness (QED) is 0.203. The van der Waals surface area contributed by atoms with Crippen LogP contribution in [0.2, 0.25) is 0 Å². The highest BCUT2D eigenvalue weighted by Crippen LogP contribution is 2.20. The third-order valence-corrected chi connectivity index (χ3v) is 5.78. The van der Waals surface area contributed by atoms with E-state index in [9.17, 15) is 9.59 Å². The maximum atomic E-state index is 12.0. The van der Waals surface area contributed by atoms with Gasteiger partial charge in [-0.05, 0) is 12.8 Å². The Hall–Kier alpha value is -1.06. The van der Waals surface area contributed by atoms with E-state index in [1.807, 2.05) is 11.8 Å². The zero-order chi connectivity index (χ0) is 20.5. The van der Waals surface area contributed by atoms with Crippen LogP contribution >= 0.6 is 0 Å². The molecule has 0 spiro atoms. The lowest BCUT2D eigenvalue weighted by Crippen LogP contribution is -2.27. The molecule has 4 heteroatoms. The van der Waals surface area contributed by atoms with E-state index in [-0.39, 0.29) is 17.8 Å². The number of carbonyl (C=O) groups excluding carboxylic acids is 2. The Morgan fingerprint density at radius 1 is 0.821 bits per heavy atom. The van der Waals surface area contributed by atoms with Crippen LogP contribution in [0.25, 0.3) is 0 Å². The summed E-state index contributed by atoms with van der Waals surface area (Å²) >= 11 is 0. The molecule has 4 nitrogen and oxygen atoms in total. The van der Waals surface area contributed by atoms with Crippen molar-refractivity contribution in [1.82, 2.24) is 4.90 Å². The maximum absolute atomic E-state index is 12.0. The summed E-state index contributed by atoms with van der Waals surface area (Å²) in [5.74, 6) is -0.322. The minimum Gasteiger partial charge on any atom is -0.465 e. The molecule has 1 rings (SSSR count). The van der Waals surface area contributed by atoms with Crippen LogP contribution in [0.3, 0.4) is 0 Å². The Labute approximate surface area is 173 Å². The number of likely N-dealkylation sites (tertiary alicyclic amines) is 1. The summed E-state index contributed by atoms with van der Waals surface area (Å²) in [6.07, 6.45) is 19.9. The van der Waals surface area contributed by atoms with Crippen molar-refractivity contribution >= 4 is 11.9 Å². The summed E-state index contributed by atoms with van der Waals surface area (Å²) in [7, 11) is 0. The third kappa shape index (κ3) is 11.7. The molecule has 1 amide bonds. The van der Waals surface area contributed by atoms with E-state index in [0.717, 1.165) is 19.4 Å². The van der Waals surface area contributed by atoms with Crippen LogP contribution in [0.4, 0.5) is 0 Å². The maximum Gasteiger partial charge on any atom is 0.311 e. The smallest absolute Gasteiger partial charge is 0.311 e. The molecule has 0 N–H and O–H groups in total. The van der Waals surface area contributed by atoms with Crippen LogP contribution in [-0.4, -0.2) is 36.5 Å². The van der Waals surface area contributed by atoms with Crippen molar-refractivity contribution in [2.75, 3.05) is 19.7 Å². The lowest BCUT2D eigenvalue weighted by atomic mass is 10.0. The molecule has 0 aromatic carbocycles. The molecule has 0 aromatic heterocycles. The highest BCUT2D eigenvalue weighted by Gasteiger charge is 2.34. The number of ether oxygens (including phenoxy) is 1. The molecular formula is C24H45NO3. The zero-order valence-electron chi connectivity index (χ0n) is 18.7. The van der Waals surface area contributed by atoms with Gasteiger partial charge in [0.25, 0.3) is 0 Å². The number of nitrogens with zero attached hydrogens (tertiary/aromatic N) is 1. The van der Waals surface area contributed by atoms with Crippen molar-refractivity contribution in [1.29, 1.82) is 0 Å². The number of esters is 1. The number of hydrogen-bond donors (Lipinski definition) is 0. The zero-order valence-corrected chi connectivity index (χ0v) is 18.7. The topological polar surface area (TPSA) is 46.6 Å². The van der Waals surface area contributed by atoms with Crippen molar-refractivity contribution in [2.24, 2.45) is 5.92 Å². The van der Waals surface area contributed by atoms with Gasteiger partial charge in [-0.25, -0.2) is 0 Å². The van der Waals surface area contributed by atoms with Gasteiger partial charge in [-0.3, -0.25) is 9.59 Å². The molecule has 0 aliphatic carbocycles. The highest BCUT2D eigenvalue weighted by atomic mass is 16.5. The van der Waals surface area contributed by atoms with E-state index in [4.69, 9.17) is 4.74 Å². The van der Waals surface area contributed by atoms with Crippen LogP contribution in [0.15, 0.2) is 0 Å². The van der Waals surface area contributed by atoms with Crippen LogP contribution in [0.1, 0.15) is 117 Å². The van der Waals surface area contributed by atoms with E-state index >= 15 is 0 Å². The molecular weight excluding hydrogens is 350 g/mol. The van der Waals surface area contributed by atoms with Gasteiger partial charge >= 0.3 is 5.97 Å². The summed E-state index contributed by atoms with van der Waals surface area (Å²) in [5, 5.41) is 0. The fraction of sp³-hybridized carbons (Fsp3) is 0.917. The molecule has 1 heterocycles. The number of unbranched alkanes of at least 4 members (excludes halogenated alkanes) is 13. The largest absolute Gasteiger partial charge is 0.465 e. The molecule has 1 aliphatic rings. The second kappa shape index (κ2) is 16.9. The summed E-state index contributed by atoms with van der Waals surface area (Å²) in [6, 6.07) is 0. The number of hydrogen-bond acceptors (Lipinski definition) is 3. The molecule has 1 aliphatic heterocycles. The SMILES string of the molecule is CCCCCCCCCCCCCCCCN1CC(C(=O)OCCC)CC1=O. The number of carbonyl (C=O) groups is 2. The first-order valence-electron chi connectivity index (χ1n) is 12.1. The minimum atomic E-state index is -0.245. The van der Waals surface area contributed by atoms with E-state index in [2.05, 4.69) is 6.92 Å². The molecule has 164 valence electrons. The van der Waals surface area contributed by atoms with E-state index < -0.39 is 0 Å². The molecule has 0 saturated carbocycles. The first kappa shape index (κ1) is 25.0. The standard InChI is InChI=1S/C24H45NO3/c1-3-5-6-7-8-9-10-11-12-13-14-15-16-17-18-25-21-22(20-23(25)26)24(27)28-19-4-2/h22H,3-21H2,1-2H3. The summed E-state index contributed by atoms with van der Waals surface area (Å²) < 4.78 is 5.18. The molecule has 28 heavy (non-hydrogen) atoms. The average molecular weight is 396 g/mol. The van der Waals surface area contributed by atoms with Crippen molar-refractivity contribution in [2.45, 2.75) is 117 Å². The van der Waals surface area contributed by atoms with Crippen molar-refractivity contribution in [3.8, 4) is 0 Å². The average Bonchev–Trinajstić information content (AvgIpc) is 3.07. The summed E-state index contributed by atoms with van der Waals surface area (Å²) in [4.78, 5) is 25.8. The van der Waals surface area contributed by atoms with Gasteiger partial charge in [0.2, 0.25) is 5.91 Å². The molecule has 0 bridgehead atoms. The van der Waals surface area contributed by atoms with Gasteiger partial charge in [0.15, 0.2) is 0 Å². The molecule has 1 unspecified atom stereocenters. The number of rotatable bonds is 18. The highest BCUT2D eigenvalue weighted by molar-refractivity contribution is 5.86. The van der Waals surface area contributed by atoms with Gasteiger partial charge in [-0.1, -0.05) is 97.3 Å². The predicted molar refractivity (Wildman–Crippen MR) is 116 cm³/mol. The third-order valence-electron chi connectivity index (χ3n) is 5.78. The van der Waals surface area contributed by atoms with Crippen LogP contribution in [0.5, 0.6) is 0 Å². The summed E-state index contributed by atoms with van der Waals surface area (Å²) in [5.41, 5.74) is 0. The first-order valence-corrected chi connectivity index (χ1v) is 12.1. The van der Waals surface area contributed by atoms with Gasteiger partial charge in [-0.2, -0.15) is 0 Å². The fourth-order valence-electron chi connectivity index (χ4n) is 3.96. The van der Waals surface area contributed by atoms with Crippen molar-refractivity contribution in [3.63, 3.8) is 0 Å². The Morgan fingerprint density at radius 3 is 1.82 bits per heavy atom. The van der Waals surface area contributed by atoms with Crippen LogP contribution < -0.4 is 0 Å². The van der Waals surface area contributed by atoms with Gasteiger partial charge in [0.1, 0.15) is 0 Å². The monoisotopic (exact) mass is 395 g/mol. The molecule has 0 aromatic rings. The second-order valence-corrected chi connectivity index (χ2v) is 8.50. The Bertz CT molecular complexity index is 411. The second-order valence-electron chi connectivity index (χ2n) is 8.50. The fourth-order valence-corrected chi connectivity index (χ4v) is 3.96. The van der Waals surface area contributed by atoms with Gasteiger partial charge in [0, 0.05) is 19.5 Å². The Morgan fingerprint density at radius 2 is 1.32 bits per heavy atom. The van der Waals surface area contributed by atoms with E-state index in [1.165, 1.54) is 83.5 Å². The van der Waals surface area contributed by atoms with Gasteiger partial charge in [-0.15, -0.1) is 0 Å². The van der Waals surface area contributed by atoms with Crippen LogP contribution in [0, 0.1) is 5.92 Å². The molecule has 1 atom stereocenters. The lowest BCUT2D eigenvalue weighted by Gasteiger charge is -2.16. The first-order chi connectivity index (χ1) is 13.7. The van der Waals surface area contributed by atoms with Gasteiger partial charge in [0.05, 0.1) is 12.5 Å². The Balaban J connectivity index is 1.89. The van der Waals surface area contributed by atoms with E-state index in [1.54, 1.807) is 0 Å².